The number of rotatable bonds is 6. The van der Waals surface area contributed by atoms with Crippen molar-refractivity contribution in [3.8, 4) is 0 Å². The van der Waals surface area contributed by atoms with E-state index in [0.29, 0.717) is 23.5 Å². The van der Waals surface area contributed by atoms with E-state index >= 15 is 0 Å². The van der Waals surface area contributed by atoms with Crippen molar-refractivity contribution in [1.82, 2.24) is 10.3 Å². The molecule has 0 saturated carbocycles. The highest BCUT2D eigenvalue weighted by Crippen LogP contribution is 2.16. The van der Waals surface area contributed by atoms with Gasteiger partial charge in [0.2, 0.25) is 0 Å². The van der Waals surface area contributed by atoms with E-state index in [-0.39, 0.29) is 11.7 Å². The van der Waals surface area contributed by atoms with Gasteiger partial charge in [-0.1, -0.05) is 29.8 Å². The van der Waals surface area contributed by atoms with Gasteiger partial charge in [0.05, 0.1) is 0 Å². The van der Waals surface area contributed by atoms with Gasteiger partial charge in [0, 0.05) is 29.6 Å². The standard InChI is InChI=1S/C22H21N3O2/c1-15-4-3-5-17(12-15)14-24-22(27)19-10-11-23-21(13-19)25-20-8-6-18(7-9-20)16(2)26/h3-13H,14H2,1-2H3,(H,23,25)(H,24,27). The first-order valence-electron chi connectivity index (χ1n) is 8.69. The number of benzene rings is 2. The zero-order chi connectivity index (χ0) is 19.2. The molecule has 136 valence electrons. The van der Waals surface area contributed by atoms with Crippen molar-refractivity contribution in [2.45, 2.75) is 20.4 Å². The predicted molar refractivity (Wildman–Crippen MR) is 106 cm³/mol. The molecular weight excluding hydrogens is 338 g/mol. The summed E-state index contributed by atoms with van der Waals surface area (Å²) in [5, 5.41) is 6.07. The topological polar surface area (TPSA) is 71.1 Å². The molecule has 27 heavy (non-hydrogen) atoms. The van der Waals surface area contributed by atoms with Crippen molar-refractivity contribution in [2.75, 3.05) is 5.32 Å². The van der Waals surface area contributed by atoms with E-state index in [0.717, 1.165) is 16.8 Å². The van der Waals surface area contributed by atoms with Crippen LogP contribution < -0.4 is 10.6 Å². The molecule has 1 aromatic heterocycles. The van der Waals surface area contributed by atoms with Crippen molar-refractivity contribution < 1.29 is 9.59 Å². The van der Waals surface area contributed by atoms with E-state index in [2.05, 4.69) is 15.6 Å². The summed E-state index contributed by atoms with van der Waals surface area (Å²) < 4.78 is 0. The number of Topliss-reactive ketones (excluding diaryl/α,β-unsaturated/α-hetero) is 1. The number of ketones is 1. The maximum Gasteiger partial charge on any atom is 0.251 e. The third kappa shape index (κ3) is 5.01. The predicted octanol–water partition coefficient (Wildman–Crippen LogP) is 4.27. The zero-order valence-corrected chi connectivity index (χ0v) is 15.3. The van der Waals surface area contributed by atoms with Crippen LogP contribution in [0, 0.1) is 6.92 Å². The van der Waals surface area contributed by atoms with Crippen LogP contribution in [0.5, 0.6) is 0 Å². The lowest BCUT2D eigenvalue weighted by Gasteiger charge is -2.09. The molecule has 3 rings (SSSR count). The molecule has 5 nitrogen and oxygen atoms in total. The van der Waals surface area contributed by atoms with Crippen molar-refractivity contribution in [2.24, 2.45) is 0 Å². The Hall–Kier alpha value is -3.47. The van der Waals surface area contributed by atoms with Gasteiger partial charge in [-0.15, -0.1) is 0 Å². The normalized spacial score (nSPS) is 10.3. The summed E-state index contributed by atoms with van der Waals surface area (Å²) >= 11 is 0. The molecule has 0 aliphatic rings. The molecule has 2 N–H and O–H groups in total. The number of pyridine rings is 1. The van der Waals surface area contributed by atoms with Crippen LogP contribution in [0.25, 0.3) is 0 Å². The highest BCUT2D eigenvalue weighted by atomic mass is 16.1. The van der Waals surface area contributed by atoms with Gasteiger partial charge < -0.3 is 10.6 Å². The van der Waals surface area contributed by atoms with Crippen molar-refractivity contribution in [1.29, 1.82) is 0 Å². The summed E-state index contributed by atoms with van der Waals surface area (Å²) in [7, 11) is 0. The molecule has 5 heteroatoms. The van der Waals surface area contributed by atoms with E-state index in [4.69, 9.17) is 0 Å². The molecular formula is C22H21N3O2. The molecule has 1 amide bonds. The molecule has 0 bridgehead atoms. The van der Waals surface area contributed by atoms with Crippen LogP contribution in [0.3, 0.4) is 0 Å². The molecule has 1 heterocycles. The fourth-order valence-electron chi connectivity index (χ4n) is 2.68. The smallest absolute Gasteiger partial charge is 0.251 e. The van der Waals surface area contributed by atoms with Gasteiger partial charge in [-0.25, -0.2) is 4.98 Å². The van der Waals surface area contributed by atoms with Crippen LogP contribution in [0.2, 0.25) is 0 Å². The second-order valence-corrected chi connectivity index (χ2v) is 6.36. The summed E-state index contributed by atoms with van der Waals surface area (Å²) in [5.74, 6) is 0.426. The van der Waals surface area contributed by atoms with E-state index in [1.165, 1.54) is 6.92 Å². The van der Waals surface area contributed by atoms with Crippen LogP contribution in [-0.2, 0) is 6.54 Å². The molecule has 0 aliphatic heterocycles. The molecule has 0 unspecified atom stereocenters. The summed E-state index contributed by atoms with van der Waals surface area (Å²) in [6, 6.07) is 18.5. The van der Waals surface area contributed by atoms with Crippen LogP contribution in [0.15, 0.2) is 66.9 Å². The molecule has 2 aromatic carbocycles. The lowest BCUT2D eigenvalue weighted by atomic mass is 10.1. The fourth-order valence-corrected chi connectivity index (χ4v) is 2.68. The van der Waals surface area contributed by atoms with Crippen molar-refractivity contribution in [3.63, 3.8) is 0 Å². The molecule has 0 radical (unpaired) electrons. The lowest BCUT2D eigenvalue weighted by molar-refractivity contribution is 0.0950. The molecule has 0 saturated heterocycles. The number of anilines is 2. The number of carbonyl (C=O) groups excluding carboxylic acids is 2. The SMILES string of the molecule is CC(=O)c1ccc(Nc2cc(C(=O)NCc3cccc(C)c3)ccn2)cc1. The average molecular weight is 359 g/mol. The Morgan fingerprint density at radius 2 is 1.74 bits per heavy atom. The summed E-state index contributed by atoms with van der Waals surface area (Å²) in [5.41, 5.74) is 4.19. The Morgan fingerprint density at radius 1 is 0.963 bits per heavy atom. The van der Waals surface area contributed by atoms with Gasteiger partial charge in [0.15, 0.2) is 5.78 Å². The minimum atomic E-state index is -0.158. The van der Waals surface area contributed by atoms with Crippen LogP contribution in [-0.4, -0.2) is 16.7 Å². The van der Waals surface area contributed by atoms with Gasteiger partial charge in [-0.3, -0.25) is 9.59 Å². The van der Waals surface area contributed by atoms with Gasteiger partial charge in [0.25, 0.3) is 5.91 Å². The number of amides is 1. The zero-order valence-electron chi connectivity index (χ0n) is 15.3. The summed E-state index contributed by atoms with van der Waals surface area (Å²) in [4.78, 5) is 28.0. The number of carbonyl (C=O) groups is 2. The number of aromatic nitrogens is 1. The fraction of sp³-hybridized carbons (Fsp3) is 0.136. The number of aryl methyl sites for hydroxylation is 1. The highest BCUT2D eigenvalue weighted by molar-refractivity contribution is 5.95. The first-order valence-corrected chi connectivity index (χ1v) is 8.69. The second kappa shape index (κ2) is 8.27. The van der Waals surface area contributed by atoms with Crippen LogP contribution in [0.4, 0.5) is 11.5 Å². The lowest BCUT2D eigenvalue weighted by Crippen LogP contribution is -2.22. The highest BCUT2D eigenvalue weighted by Gasteiger charge is 2.07. The van der Waals surface area contributed by atoms with Gasteiger partial charge in [0.1, 0.15) is 5.82 Å². The third-order valence-corrected chi connectivity index (χ3v) is 4.12. The Balaban J connectivity index is 1.65. The number of hydrogen-bond donors (Lipinski definition) is 2. The largest absolute Gasteiger partial charge is 0.348 e. The molecule has 0 aliphatic carbocycles. The second-order valence-electron chi connectivity index (χ2n) is 6.36. The Morgan fingerprint density at radius 3 is 2.44 bits per heavy atom. The van der Waals surface area contributed by atoms with Gasteiger partial charge >= 0.3 is 0 Å². The van der Waals surface area contributed by atoms with Crippen LogP contribution >= 0.6 is 0 Å². The first kappa shape index (κ1) is 18.3. The third-order valence-electron chi connectivity index (χ3n) is 4.12. The molecule has 0 fully saturated rings. The van der Waals surface area contributed by atoms with Crippen molar-refractivity contribution >= 4 is 23.2 Å². The number of nitrogens with one attached hydrogen (secondary N) is 2. The molecule has 3 aromatic rings. The number of hydrogen-bond acceptors (Lipinski definition) is 4. The van der Waals surface area contributed by atoms with Gasteiger partial charge in [-0.05, 0) is 55.8 Å². The monoisotopic (exact) mass is 359 g/mol. The Kier molecular flexibility index (Phi) is 5.61. The number of nitrogens with zero attached hydrogens (tertiary/aromatic N) is 1. The van der Waals surface area contributed by atoms with E-state index in [9.17, 15) is 9.59 Å². The van der Waals surface area contributed by atoms with E-state index in [1.54, 1.807) is 30.5 Å². The maximum atomic E-state index is 12.4. The van der Waals surface area contributed by atoms with E-state index in [1.807, 2.05) is 43.3 Å². The quantitative estimate of drug-likeness (QED) is 0.645. The Bertz CT molecular complexity index is 965. The molecule has 0 atom stereocenters. The maximum absolute atomic E-state index is 12.4. The minimum absolute atomic E-state index is 0.0203. The van der Waals surface area contributed by atoms with Crippen LogP contribution in [0.1, 0.15) is 38.8 Å². The van der Waals surface area contributed by atoms with Crippen molar-refractivity contribution in [3.05, 3.63) is 89.1 Å². The average Bonchev–Trinajstić information content (AvgIpc) is 2.67. The minimum Gasteiger partial charge on any atom is -0.348 e. The first-order chi connectivity index (χ1) is 13.0. The van der Waals surface area contributed by atoms with Gasteiger partial charge in [-0.2, -0.15) is 0 Å². The summed E-state index contributed by atoms with van der Waals surface area (Å²) in [6.07, 6.45) is 1.59. The van der Waals surface area contributed by atoms with E-state index < -0.39 is 0 Å². The molecule has 0 spiro atoms. The summed E-state index contributed by atoms with van der Waals surface area (Å²) in [6.45, 7) is 4.02. The Labute approximate surface area is 158 Å².